The molecule has 6 N–H and O–H groups in total. The molecule has 204 valence electrons. The number of aliphatic imine (C=N–C) groups is 2. The molecule has 0 aliphatic carbocycles. The zero-order chi connectivity index (χ0) is 29.2. The minimum absolute atomic E-state index is 0.0554. The number of nitrogen functional groups attached to an aromatic ring is 2. The Kier molecular flexibility index (Phi) is 9.91. The minimum atomic E-state index is -0.936. The summed E-state index contributed by atoms with van der Waals surface area (Å²) in [6, 6.07) is 12.8. The van der Waals surface area contributed by atoms with Gasteiger partial charge in [0.05, 0.1) is 29.5 Å². The molecule has 0 amide bonds. The van der Waals surface area contributed by atoms with E-state index in [1.54, 1.807) is 0 Å². The van der Waals surface area contributed by atoms with Crippen LogP contribution in [0, 0.1) is 28.4 Å². The van der Waals surface area contributed by atoms with Crippen LogP contribution < -0.4 is 16.8 Å². The Morgan fingerprint density at radius 1 is 1.23 bits per heavy atom. The summed E-state index contributed by atoms with van der Waals surface area (Å²) in [6.07, 6.45) is 5.64. The van der Waals surface area contributed by atoms with Crippen LogP contribution in [0.25, 0.3) is 11.3 Å². The van der Waals surface area contributed by atoms with E-state index in [0.29, 0.717) is 35.5 Å². The van der Waals surface area contributed by atoms with Crippen molar-refractivity contribution in [3.05, 3.63) is 101 Å². The summed E-state index contributed by atoms with van der Waals surface area (Å²) in [5.74, 6) is -2.06. The molecule has 1 unspecified atom stereocenters. The fourth-order valence-corrected chi connectivity index (χ4v) is 3.79. The number of nitriles is 1. The topological polar surface area (TPSA) is 162 Å². The van der Waals surface area contributed by atoms with Gasteiger partial charge >= 0.3 is 0 Å². The Morgan fingerprint density at radius 2 is 1.95 bits per heavy atom. The fraction of sp³-hybridized carbons (Fsp3) is 0.172. The lowest BCUT2D eigenvalue weighted by atomic mass is 10.0. The number of nitrogens with one attached hydrogen (secondary N) is 2. The second-order valence-electron chi connectivity index (χ2n) is 8.71. The lowest BCUT2D eigenvalue weighted by Crippen LogP contribution is -2.25. The normalized spacial score (nSPS) is 12.9. The zero-order valence-corrected chi connectivity index (χ0v) is 22.1. The summed E-state index contributed by atoms with van der Waals surface area (Å²) in [5, 5.41) is 20.5. The number of nitrogens with two attached hydrogens (primary N) is 2. The number of benzene rings is 2. The number of aromatic nitrogens is 2. The molecule has 3 aromatic rings. The first-order chi connectivity index (χ1) is 19.2. The van der Waals surface area contributed by atoms with Crippen LogP contribution in [0.1, 0.15) is 43.1 Å². The van der Waals surface area contributed by atoms with Gasteiger partial charge in [0.15, 0.2) is 23.1 Å². The number of hydrogen-bond donors (Lipinski definition) is 4. The molecule has 0 saturated heterocycles. The third-order valence-corrected chi connectivity index (χ3v) is 5.80. The van der Waals surface area contributed by atoms with Gasteiger partial charge in [-0.25, -0.2) is 23.7 Å². The molecular formula is C29H29F2N9. The average molecular weight is 542 g/mol. The Bertz CT molecular complexity index is 1530. The van der Waals surface area contributed by atoms with E-state index in [0.717, 1.165) is 23.3 Å². The number of halogens is 2. The van der Waals surface area contributed by atoms with Crippen LogP contribution in [0.4, 0.5) is 14.6 Å². The lowest BCUT2D eigenvalue weighted by molar-refractivity contribution is 0.504. The van der Waals surface area contributed by atoms with E-state index < -0.39 is 17.7 Å². The van der Waals surface area contributed by atoms with Gasteiger partial charge in [0.2, 0.25) is 0 Å². The van der Waals surface area contributed by atoms with Gasteiger partial charge in [0, 0.05) is 18.0 Å². The van der Waals surface area contributed by atoms with E-state index >= 15 is 0 Å². The van der Waals surface area contributed by atoms with Gasteiger partial charge in [0.1, 0.15) is 17.6 Å². The molecule has 9 nitrogen and oxygen atoms in total. The summed E-state index contributed by atoms with van der Waals surface area (Å²) in [7, 11) is 0. The van der Waals surface area contributed by atoms with Gasteiger partial charge in [-0.2, -0.15) is 5.26 Å². The molecule has 0 radical (unpaired) electrons. The van der Waals surface area contributed by atoms with Crippen LogP contribution in [0.15, 0.2) is 82.3 Å². The molecule has 3 rings (SSSR count). The summed E-state index contributed by atoms with van der Waals surface area (Å²) >= 11 is 0. The number of allylic oxidation sites excluding steroid dienone is 3. The third-order valence-electron chi connectivity index (χ3n) is 5.80. The van der Waals surface area contributed by atoms with Crippen molar-refractivity contribution in [2.24, 2.45) is 15.7 Å². The molecule has 1 heterocycles. The summed E-state index contributed by atoms with van der Waals surface area (Å²) in [4.78, 5) is 16.6. The highest BCUT2D eigenvalue weighted by molar-refractivity contribution is 6.02. The molecule has 0 aliphatic heterocycles. The highest BCUT2D eigenvalue weighted by Gasteiger charge is 2.16. The van der Waals surface area contributed by atoms with Crippen molar-refractivity contribution in [3.8, 4) is 17.3 Å². The molecule has 0 fully saturated rings. The number of amidine groups is 1. The van der Waals surface area contributed by atoms with E-state index in [4.69, 9.17) is 16.9 Å². The molecule has 11 heteroatoms. The minimum Gasteiger partial charge on any atom is -0.382 e. The SMILES string of the molecule is C=N\C=C(C#N)/N=C(Cc1ccc(-c2cnc(N)c(C(=N)N)n2)cc1)\C(=C/CC)NC(C)c1ccc(F)c(F)c1. The Balaban J connectivity index is 1.96. The number of anilines is 1. The Morgan fingerprint density at radius 3 is 2.55 bits per heavy atom. The Labute approximate surface area is 231 Å². The van der Waals surface area contributed by atoms with Crippen LogP contribution in [0.2, 0.25) is 0 Å². The van der Waals surface area contributed by atoms with Gasteiger partial charge in [-0.1, -0.05) is 43.3 Å². The van der Waals surface area contributed by atoms with Crippen LogP contribution in [-0.4, -0.2) is 28.2 Å². The first-order valence-electron chi connectivity index (χ1n) is 12.3. The molecule has 0 bridgehead atoms. The van der Waals surface area contributed by atoms with E-state index in [2.05, 4.69) is 32.0 Å². The first-order valence-corrected chi connectivity index (χ1v) is 12.3. The Hall–Kier alpha value is -5.24. The standard InChI is InChI=1S/C29H29F2N9/c1-4-5-24(38-17(2)20-10-11-22(30)23(31)13-20)25(39-21(14-32)15-36-3)12-18-6-8-19(9-7-18)26-16-37-29(35)27(40-26)28(33)34/h5-11,13,15-17,38H,3-4,12H2,1-2H3,(H3,33,34)(H2,35,37)/b21-15-,24-5+,39-25-. The maximum atomic E-state index is 13.9. The lowest BCUT2D eigenvalue weighted by Gasteiger charge is -2.20. The molecule has 2 aromatic carbocycles. The molecule has 0 spiro atoms. The van der Waals surface area contributed by atoms with Crippen LogP contribution in [0.3, 0.4) is 0 Å². The highest BCUT2D eigenvalue weighted by Crippen LogP contribution is 2.22. The number of nitrogens with zero attached hydrogens (tertiary/aromatic N) is 5. The van der Waals surface area contributed by atoms with Crippen molar-refractivity contribution in [2.75, 3.05) is 5.73 Å². The largest absolute Gasteiger partial charge is 0.382 e. The van der Waals surface area contributed by atoms with Crippen LogP contribution in [0.5, 0.6) is 0 Å². The quantitative estimate of drug-likeness (QED) is 0.152. The third kappa shape index (κ3) is 7.41. The van der Waals surface area contributed by atoms with Gasteiger partial charge in [-0.3, -0.25) is 10.4 Å². The summed E-state index contributed by atoms with van der Waals surface area (Å²) < 4.78 is 27.4. The van der Waals surface area contributed by atoms with E-state index in [1.807, 2.05) is 50.3 Å². The van der Waals surface area contributed by atoms with Crippen molar-refractivity contribution in [2.45, 2.75) is 32.7 Å². The van der Waals surface area contributed by atoms with Crippen molar-refractivity contribution in [3.63, 3.8) is 0 Å². The van der Waals surface area contributed by atoms with Gasteiger partial charge in [-0.05, 0) is 43.3 Å². The van der Waals surface area contributed by atoms with Crippen molar-refractivity contribution in [1.82, 2.24) is 15.3 Å². The molecule has 1 aromatic heterocycles. The van der Waals surface area contributed by atoms with Gasteiger partial charge in [-0.15, -0.1) is 0 Å². The molecule has 0 aliphatic rings. The average Bonchev–Trinajstić information content (AvgIpc) is 2.94. The summed E-state index contributed by atoms with van der Waals surface area (Å²) in [6.45, 7) is 7.17. The van der Waals surface area contributed by atoms with E-state index in [1.165, 1.54) is 18.5 Å². The molecule has 1 atom stereocenters. The first kappa shape index (κ1) is 29.3. The summed E-state index contributed by atoms with van der Waals surface area (Å²) in [5.41, 5.74) is 15.3. The second-order valence-corrected chi connectivity index (χ2v) is 8.71. The number of hydrogen-bond acceptors (Lipinski definition) is 8. The van der Waals surface area contributed by atoms with Crippen molar-refractivity contribution in [1.29, 1.82) is 10.7 Å². The zero-order valence-electron chi connectivity index (χ0n) is 22.1. The number of rotatable bonds is 11. The van der Waals surface area contributed by atoms with E-state index in [-0.39, 0.29) is 23.0 Å². The van der Waals surface area contributed by atoms with Gasteiger partial charge < -0.3 is 16.8 Å². The maximum absolute atomic E-state index is 13.9. The van der Waals surface area contributed by atoms with Gasteiger partial charge in [0.25, 0.3) is 0 Å². The van der Waals surface area contributed by atoms with Crippen molar-refractivity contribution < 1.29 is 8.78 Å². The molecule has 0 saturated carbocycles. The van der Waals surface area contributed by atoms with E-state index in [9.17, 15) is 14.0 Å². The maximum Gasteiger partial charge on any atom is 0.159 e. The molecule has 40 heavy (non-hydrogen) atoms. The molecular weight excluding hydrogens is 512 g/mol. The predicted molar refractivity (Wildman–Crippen MR) is 154 cm³/mol. The predicted octanol–water partition coefficient (Wildman–Crippen LogP) is 4.98. The smallest absolute Gasteiger partial charge is 0.159 e. The van der Waals surface area contributed by atoms with Crippen LogP contribution in [-0.2, 0) is 6.42 Å². The second kappa shape index (κ2) is 13.5. The monoisotopic (exact) mass is 541 g/mol. The van der Waals surface area contributed by atoms with Crippen molar-refractivity contribution >= 4 is 24.1 Å². The fourth-order valence-electron chi connectivity index (χ4n) is 3.79. The highest BCUT2D eigenvalue weighted by atomic mass is 19.2. The van der Waals surface area contributed by atoms with Crippen LogP contribution >= 0.6 is 0 Å².